The zero-order valence-corrected chi connectivity index (χ0v) is 18.0. The second-order valence-electron chi connectivity index (χ2n) is 7.33. The summed E-state index contributed by atoms with van der Waals surface area (Å²) in [6.45, 7) is 6.28. The van der Waals surface area contributed by atoms with Gasteiger partial charge >= 0.3 is 0 Å². The fourth-order valence-electron chi connectivity index (χ4n) is 3.54. The van der Waals surface area contributed by atoms with E-state index in [9.17, 15) is 9.59 Å². The van der Waals surface area contributed by atoms with Gasteiger partial charge in [0.05, 0.1) is 13.2 Å². The molecule has 3 rings (SSSR count). The molecule has 1 unspecified atom stereocenters. The van der Waals surface area contributed by atoms with Crippen molar-refractivity contribution in [2.75, 3.05) is 39.4 Å². The van der Waals surface area contributed by atoms with E-state index in [2.05, 4.69) is 10.2 Å². The number of carbonyl (C=O) groups is 2. The number of rotatable bonds is 8. The Morgan fingerprint density at radius 3 is 2.40 bits per heavy atom. The highest BCUT2D eigenvalue weighted by Crippen LogP contribution is 2.24. The van der Waals surface area contributed by atoms with Gasteiger partial charge in [0, 0.05) is 44.7 Å². The molecule has 2 aromatic rings. The Balaban J connectivity index is 1.74. The predicted molar refractivity (Wildman–Crippen MR) is 117 cm³/mol. The van der Waals surface area contributed by atoms with Crippen LogP contribution < -0.4 is 5.32 Å². The van der Waals surface area contributed by atoms with E-state index >= 15 is 0 Å². The van der Waals surface area contributed by atoms with Gasteiger partial charge in [-0.3, -0.25) is 14.5 Å². The van der Waals surface area contributed by atoms with Gasteiger partial charge < -0.3 is 15.0 Å². The number of benzene rings is 2. The van der Waals surface area contributed by atoms with Gasteiger partial charge in [0.25, 0.3) is 0 Å². The number of morpholine rings is 1. The van der Waals surface area contributed by atoms with Crippen LogP contribution in [0.3, 0.4) is 0 Å². The lowest BCUT2D eigenvalue weighted by molar-refractivity contribution is -0.140. The summed E-state index contributed by atoms with van der Waals surface area (Å²) < 4.78 is 5.36. The van der Waals surface area contributed by atoms with Gasteiger partial charge in [0.1, 0.15) is 6.04 Å². The van der Waals surface area contributed by atoms with Gasteiger partial charge in [0.2, 0.25) is 11.8 Å². The highest BCUT2D eigenvalue weighted by atomic mass is 35.5. The SMILES string of the molecule is CC(=O)N(Cc1ccc(Cl)cc1)C(C(=O)NCCN1CCOCC1)c1ccccc1. The molecule has 6 nitrogen and oxygen atoms in total. The average Bonchev–Trinajstić information content (AvgIpc) is 2.76. The monoisotopic (exact) mass is 429 g/mol. The van der Waals surface area contributed by atoms with Crippen LogP contribution in [0.2, 0.25) is 5.02 Å². The molecule has 2 amide bonds. The summed E-state index contributed by atoms with van der Waals surface area (Å²) in [5.74, 6) is -0.347. The predicted octanol–water partition coefficient (Wildman–Crippen LogP) is 2.88. The van der Waals surface area contributed by atoms with Crippen LogP contribution in [0.5, 0.6) is 0 Å². The number of nitrogens with zero attached hydrogens (tertiary/aromatic N) is 2. The van der Waals surface area contributed by atoms with Crippen LogP contribution in [0, 0.1) is 0 Å². The van der Waals surface area contributed by atoms with Crippen LogP contribution >= 0.6 is 11.6 Å². The Kier molecular flexibility index (Phi) is 8.25. The molecule has 0 saturated carbocycles. The van der Waals surface area contributed by atoms with Gasteiger partial charge in [-0.05, 0) is 23.3 Å². The molecule has 7 heteroatoms. The number of hydrogen-bond donors (Lipinski definition) is 1. The average molecular weight is 430 g/mol. The highest BCUT2D eigenvalue weighted by molar-refractivity contribution is 6.30. The summed E-state index contributed by atoms with van der Waals surface area (Å²) in [5.41, 5.74) is 1.70. The molecule has 0 bridgehead atoms. The minimum Gasteiger partial charge on any atom is -0.379 e. The zero-order chi connectivity index (χ0) is 21.3. The van der Waals surface area contributed by atoms with Crippen molar-refractivity contribution in [1.82, 2.24) is 15.1 Å². The fraction of sp³-hybridized carbons (Fsp3) is 0.391. The Hall–Kier alpha value is -2.41. The second kappa shape index (κ2) is 11.1. The third-order valence-corrected chi connectivity index (χ3v) is 5.43. The third-order valence-electron chi connectivity index (χ3n) is 5.18. The lowest BCUT2D eigenvalue weighted by Gasteiger charge is -2.31. The van der Waals surface area contributed by atoms with Crippen LogP contribution in [0.4, 0.5) is 0 Å². The molecule has 160 valence electrons. The van der Waals surface area contributed by atoms with Crippen LogP contribution in [0.25, 0.3) is 0 Å². The number of ether oxygens (including phenoxy) is 1. The first kappa shape index (κ1) is 22.3. The number of carbonyl (C=O) groups excluding carboxylic acids is 2. The van der Waals surface area contributed by atoms with Crippen molar-refractivity contribution in [1.29, 1.82) is 0 Å². The maximum absolute atomic E-state index is 13.2. The molecular weight excluding hydrogens is 402 g/mol. The molecule has 30 heavy (non-hydrogen) atoms. The Morgan fingerprint density at radius 2 is 1.77 bits per heavy atom. The van der Waals surface area contributed by atoms with E-state index < -0.39 is 6.04 Å². The molecule has 2 aromatic carbocycles. The summed E-state index contributed by atoms with van der Waals surface area (Å²) >= 11 is 5.98. The van der Waals surface area contributed by atoms with Crippen molar-refractivity contribution in [3.05, 3.63) is 70.7 Å². The van der Waals surface area contributed by atoms with Crippen molar-refractivity contribution in [3.63, 3.8) is 0 Å². The van der Waals surface area contributed by atoms with Crippen LogP contribution in [-0.2, 0) is 20.9 Å². The van der Waals surface area contributed by atoms with Crippen LogP contribution in [0.15, 0.2) is 54.6 Å². The maximum Gasteiger partial charge on any atom is 0.247 e. The maximum atomic E-state index is 13.2. The molecule has 1 heterocycles. The molecular formula is C23H28ClN3O3. The quantitative estimate of drug-likeness (QED) is 0.701. The summed E-state index contributed by atoms with van der Waals surface area (Å²) in [6, 6.07) is 16.0. The largest absolute Gasteiger partial charge is 0.379 e. The van der Waals surface area contributed by atoms with E-state index in [4.69, 9.17) is 16.3 Å². The van der Waals surface area contributed by atoms with Gasteiger partial charge in [-0.2, -0.15) is 0 Å². The van der Waals surface area contributed by atoms with Gasteiger partial charge in [0.15, 0.2) is 0 Å². The Labute approximate surface area is 182 Å². The number of nitrogens with one attached hydrogen (secondary N) is 1. The van der Waals surface area contributed by atoms with Crippen molar-refractivity contribution in [2.24, 2.45) is 0 Å². The van der Waals surface area contributed by atoms with E-state index in [0.29, 0.717) is 18.1 Å². The minimum atomic E-state index is -0.705. The van der Waals surface area contributed by atoms with Crippen molar-refractivity contribution in [3.8, 4) is 0 Å². The van der Waals surface area contributed by atoms with Gasteiger partial charge in [-0.25, -0.2) is 0 Å². The van der Waals surface area contributed by atoms with Crippen molar-refractivity contribution < 1.29 is 14.3 Å². The van der Waals surface area contributed by atoms with E-state index in [-0.39, 0.29) is 11.8 Å². The standard InChI is InChI=1S/C23H28ClN3O3/c1-18(28)27(17-19-7-9-21(24)10-8-19)22(20-5-3-2-4-6-20)23(29)25-11-12-26-13-15-30-16-14-26/h2-10,22H,11-17H2,1H3,(H,25,29). The lowest BCUT2D eigenvalue weighted by atomic mass is 10.0. The first-order valence-corrected chi connectivity index (χ1v) is 10.6. The van der Waals surface area contributed by atoms with Crippen LogP contribution in [-0.4, -0.2) is 61.0 Å². The fourth-order valence-corrected chi connectivity index (χ4v) is 3.66. The second-order valence-corrected chi connectivity index (χ2v) is 7.77. The first-order valence-electron chi connectivity index (χ1n) is 10.2. The molecule has 1 N–H and O–H groups in total. The topological polar surface area (TPSA) is 61.9 Å². The van der Waals surface area contributed by atoms with Crippen molar-refractivity contribution in [2.45, 2.75) is 19.5 Å². The summed E-state index contributed by atoms with van der Waals surface area (Å²) in [5, 5.41) is 3.66. The molecule has 0 radical (unpaired) electrons. The van der Waals surface area contributed by atoms with E-state index in [0.717, 1.165) is 44.0 Å². The van der Waals surface area contributed by atoms with E-state index in [1.54, 1.807) is 17.0 Å². The van der Waals surface area contributed by atoms with Crippen LogP contribution in [0.1, 0.15) is 24.1 Å². The highest BCUT2D eigenvalue weighted by Gasteiger charge is 2.29. The molecule has 1 atom stereocenters. The number of amides is 2. The summed E-state index contributed by atoms with van der Waals surface area (Å²) in [4.78, 5) is 29.6. The number of hydrogen-bond acceptors (Lipinski definition) is 4. The first-order chi connectivity index (χ1) is 14.5. The van der Waals surface area contributed by atoms with Crippen molar-refractivity contribution >= 4 is 23.4 Å². The van der Waals surface area contributed by atoms with E-state index in [1.165, 1.54) is 6.92 Å². The summed E-state index contributed by atoms with van der Waals surface area (Å²) in [7, 11) is 0. The van der Waals surface area contributed by atoms with E-state index in [1.807, 2.05) is 42.5 Å². The Morgan fingerprint density at radius 1 is 1.10 bits per heavy atom. The minimum absolute atomic E-state index is 0.165. The van der Waals surface area contributed by atoms with Gasteiger partial charge in [-0.1, -0.05) is 54.1 Å². The van der Waals surface area contributed by atoms with Gasteiger partial charge in [-0.15, -0.1) is 0 Å². The molecule has 1 aliphatic rings. The third kappa shape index (κ3) is 6.29. The number of halogens is 1. The molecule has 0 spiro atoms. The smallest absolute Gasteiger partial charge is 0.247 e. The Bertz CT molecular complexity index is 823. The molecule has 1 fully saturated rings. The molecule has 0 aromatic heterocycles. The molecule has 0 aliphatic carbocycles. The zero-order valence-electron chi connectivity index (χ0n) is 17.2. The molecule has 1 saturated heterocycles. The lowest BCUT2D eigenvalue weighted by Crippen LogP contribution is -2.45. The normalized spacial score (nSPS) is 15.4. The molecule has 1 aliphatic heterocycles. The summed E-state index contributed by atoms with van der Waals surface area (Å²) in [6.07, 6.45) is 0.